The summed E-state index contributed by atoms with van der Waals surface area (Å²) >= 11 is 0. The number of nitrogens with zero attached hydrogens (tertiary/aromatic N) is 4. The van der Waals surface area contributed by atoms with Crippen molar-refractivity contribution >= 4 is 28.3 Å². The van der Waals surface area contributed by atoms with Crippen LogP contribution in [0.2, 0.25) is 0 Å². The third-order valence-corrected chi connectivity index (χ3v) is 3.93. The smallest absolute Gasteiger partial charge is 0.361 e. The molecule has 0 bridgehead atoms. The molecule has 0 atom stereocenters. The van der Waals surface area contributed by atoms with Crippen LogP contribution in [-0.2, 0) is 17.8 Å². The number of nitrogens with one attached hydrogen (secondary N) is 2. The average Bonchev–Trinajstić information content (AvgIpc) is 3.18. The SMILES string of the molecule is C/C(Cn1nc([N+](=O)[O-])cc1C)=N/NC(=O)Cc1c[nH]c2ccccc12. The minimum Gasteiger partial charge on any atom is -0.361 e. The van der Waals surface area contributed by atoms with Crippen LogP contribution < -0.4 is 5.43 Å². The summed E-state index contributed by atoms with van der Waals surface area (Å²) in [5.74, 6) is -0.448. The maximum absolute atomic E-state index is 12.1. The highest BCUT2D eigenvalue weighted by Crippen LogP contribution is 2.18. The molecule has 3 aromatic rings. The van der Waals surface area contributed by atoms with Gasteiger partial charge in [0.05, 0.1) is 29.0 Å². The normalized spacial score (nSPS) is 11.7. The van der Waals surface area contributed by atoms with Crippen molar-refractivity contribution in [1.29, 1.82) is 0 Å². The van der Waals surface area contributed by atoms with Crippen LogP contribution in [0.3, 0.4) is 0 Å². The molecule has 3 rings (SSSR count). The molecule has 0 aliphatic heterocycles. The van der Waals surface area contributed by atoms with Crippen LogP contribution in [0.15, 0.2) is 41.6 Å². The van der Waals surface area contributed by atoms with E-state index in [9.17, 15) is 14.9 Å². The van der Waals surface area contributed by atoms with Gasteiger partial charge in [0, 0.05) is 17.1 Å². The van der Waals surface area contributed by atoms with E-state index in [4.69, 9.17) is 0 Å². The van der Waals surface area contributed by atoms with Crippen LogP contribution in [0, 0.1) is 17.0 Å². The van der Waals surface area contributed by atoms with Crippen molar-refractivity contribution in [3.8, 4) is 0 Å². The Morgan fingerprint density at radius 1 is 1.42 bits per heavy atom. The maximum Gasteiger partial charge on any atom is 0.390 e. The lowest BCUT2D eigenvalue weighted by Gasteiger charge is -2.02. The van der Waals surface area contributed by atoms with E-state index >= 15 is 0 Å². The standard InChI is InChI=1S/C17H18N6O3/c1-11(10-22-12(2)7-16(21-22)23(25)26)19-20-17(24)8-13-9-18-15-6-4-3-5-14(13)15/h3-7,9,18H,8,10H2,1-2H3,(H,20,24)/b19-11-. The topological polar surface area (TPSA) is 118 Å². The second kappa shape index (κ2) is 7.18. The van der Waals surface area contributed by atoms with E-state index in [0.29, 0.717) is 11.4 Å². The quantitative estimate of drug-likeness (QED) is 0.401. The number of H-pyrrole nitrogens is 1. The molecule has 1 amide bonds. The lowest BCUT2D eigenvalue weighted by Crippen LogP contribution is -2.22. The van der Waals surface area contributed by atoms with E-state index in [-0.39, 0.29) is 24.7 Å². The van der Waals surface area contributed by atoms with Crippen molar-refractivity contribution in [1.82, 2.24) is 20.2 Å². The first-order valence-corrected chi connectivity index (χ1v) is 8.00. The van der Waals surface area contributed by atoms with Crippen molar-refractivity contribution < 1.29 is 9.72 Å². The number of para-hydroxylation sites is 1. The van der Waals surface area contributed by atoms with Crippen LogP contribution in [-0.4, -0.2) is 31.3 Å². The lowest BCUT2D eigenvalue weighted by molar-refractivity contribution is -0.389. The number of aryl methyl sites for hydroxylation is 1. The molecule has 2 aromatic heterocycles. The van der Waals surface area contributed by atoms with E-state index in [1.54, 1.807) is 13.8 Å². The van der Waals surface area contributed by atoms with Gasteiger partial charge in [-0.25, -0.2) is 5.43 Å². The summed E-state index contributed by atoms with van der Waals surface area (Å²) < 4.78 is 1.47. The lowest BCUT2D eigenvalue weighted by atomic mass is 10.1. The molecule has 0 spiro atoms. The predicted molar refractivity (Wildman–Crippen MR) is 96.9 cm³/mol. The van der Waals surface area contributed by atoms with E-state index in [2.05, 4.69) is 20.6 Å². The van der Waals surface area contributed by atoms with Gasteiger partial charge in [-0.2, -0.15) is 9.78 Å². The fourth-order valence-electron chi connectivity index (χ4n) is 2.64. The largest absolute Gasteiger partial charge is 0.390 e. The molecule has 0 unspecified atom stereocenters. The molecule has 0 saturated heterocycles. The first-order valence-electron chi connectivity index (χ1n) is 8.00. The molecule has 9 nitrogen and oxygen atoms in total. The second-order valence-electron chi connectivity index (χ2n) is 5.98. The van der Waals surface area contributed by atoms with Crippen LogP contribution in [0.25, 0.3) is 10.9 Å². The number of aromatic amines is 1. The van der Waals surface area contributed by atoms with Crippen molar-refractivity contribution in [3.63, 3.8) is 0 Å². The Bertz CT molecular complexity index is 1000. The highest BCUT2D eigenvalue weighted by molar-refractivity contribution is 5.89. The number of hydrogen-bond acceptors (Lipinski definition) is 5. The van der Waals surface area contributed by atoms with Gasteiger partial charge in [0.2, 0.25) is 5.91 Å². The van der Waals surface area contributed by atoms with Gasteiger partial charge >= 0.3 is 5.82 Å². The van der Waals surface area contributed by atoms with E-state index in [1.807, 2.05) is 30.5 Å². The third kappa shape index (κ3) is 3.77. The second-order valence-corrected chi connectivity index (χ2v) is 5.98. The van der Waals surface area contributed by atoms with Gasteiger partial charge < -0.3 is 15.1 Å². The molecule has 0 fully saturated rings. The zero-order valence-corrected chi connectivity index (χ0v) is 14.4. The molecule has 1 aromatic carbocycles. The van der Waals surface area contributed by atoms with Crippen molar-refractivity contribution in [2.45, 2.75) is 26.8 Å². The first-order chi connectivity index (χ1) is 12.4. The molecule has 0 radical (unpaired) electrons. The maximum atomic E-state index is 12.1. The van der Waals surface area contributed by atoms with E-state index in [0.717, 1.165) is 16.5 Å². The van der Waals surface area contributed by atoms with Crippen molar-refractivity contribution in [2.75, 3.05) is 0 Å². The Kier molecular flexibility index (Phi) is 4.78. The van der Waals surface area contributed by atoms with Crippen molar-refractivity contribution in [3.05, 3.63) is 57.9 Å². The van der Waals surface area contributed by atoms with Gasteiger partial charge in [0.25, 0.3) is 0 Å². The van der Waals surface area contributed by atoms with E-state index in [1.165, 1.54) is 10.7 Å². The fourth-order valence-corrected chi connectivity index (χ4v) is 2.64. The number of fused-ring (bicyclic) bond motifs is 1. The van der Waals surface area contributed by atoms with Crippen LogP contribution >= 0.6 is 0 Å². The zero-order chi connectivity index (χ0) is 18.7. The molecule has 2 heterocycles. The number of amides is 1. The summed E-state index contributed by atoms with van der Waals surface area (Å²) in [6, 6.07) is 9.15. The number of nitro groups is 1. The Labute approximate surface area is 148 Å². The number of benzene rings is 1. The molecular formula is C17H18N6O3. The van der Waals surface area contributed by atoms with Gasteiger partial charge in [-0.3, -0.25) is 4.79 Å². The Morgan fingerprint density at radius 3 is 2.92 bits per heavy atom. The zero-order valence-electron chi connectivity index (χ0n) is 14.4. The summed E-state index contributed by atoms with van der Waals surface area (Å²) in [4.78, 5) is 25.5. The molecule has 9 heteroatoms. The Morgan fingerprint density at radius 2 is 2.19 bits per heavy atom. The summed E-state index contributed by atoms with van der Waals surface area (Å²) in [5, 5.41) is 19.7. The Balaban J connectivity index is 1.61. The van der Waals surface area contributed by atoms with Gasteiger partial charge in [0.15, 0.2) is 0 Å². The molecule has 134 valence electrons. The number of hydrazone groups is 1. The Hall–Kier alpha value is -3.49. The van der Waals surface area contributed by atoms with Gasteiger partial charge in [-0.15, -0.1) is 0 Å². The van der Waals surface area contributed by atoms with Crippen LogP contribution in [0.1, 0.15) is 18.2 Å². The van der Waals surface area contributed by atoms with Gasteiger partial charge in [-0.1, -0.05) is 18.2 Å². The van der Waals surface area contributed by atoms with E-state index < -0.39 is 4.92 Å². The summed E-state index contributed by atoms with van der Waals surface area (Å²) in [6.45, 7) is 3.70. The molecular weight excluding hydrogens is 336 g/mol. The predicted octanol–water partition coefficient (Wildman–Crippen LogP) is 2.32. The minimum atomic E-state index is -0.543. The highest BCUT2D eigenvalue weighted by Gasteiger charge is 2.15. The fraction of sp³-hybridized carbons (Fsp3) is 0.235. The monoisotopic (exact) mass is 354 g/mol. The molecule has 26 heavy (non-hydrogen) atoms. The summed E-state index contributed by atoms with van der Waals surface area (Å²) in [5.41, 5.74) is 5.62. The summed E-state index contributed by atoms with van der Waals surface area (Å²) in [7, 11) is 0. The molecule has 0 saturated carbocycles. The van der Waals surface area contributed by atoms with Gasteiger partial charge in [0.1, 0.15) is 6.54 Å². The molecule has 0 aliphatic rings. The van der Waals surface area contributed by atoms with Crippen LogP contribution in [0.4, 0.5) is 5.82 Å². The number of carbonyl (C=O) groups is 1. The first kappa shape index (κ1) is 17.3. The molecule has 2 N–H and O–H groups in total. The number of hydrogen-bond donors (Lipinski definition) is 2. The summed E-state index contributed by atoms with van der Waals surface area (Å²) in [6.07, 6.45) is 2.01. The number of carbonyl (C=O) groups excluding carboxylic acids is 1. The average molecular weight is 354 g/mol. The number of aromatic nitrogens is 3. The van der Waals surface area contributed by atoms with Crippen molar-refractivity contribution in [2.24, 2.45) is 5.10 Å². The highest BCUT2D eigenvalue weighted by atomic mass is 16.6. The van der Waals surface area contributed by atoms with Gasteiger partial charge in [-0.05, 0) is 30.4 Å². The third-order valence-electron chi connectivity index (χ3n) is 3.93. The van der Waals surface area contributed by atoms with Crippen LogP contribution in [0.5, 0.6) is 0 Å². The minimum absolute atomic E-state index is 0.201. The number of rotatable bonds is 6. The molecule has 0 aliphatic carbocycles.